The molecule has 0 bridgehead atoms. The largest absolute Gasteiger partial charge is 0.309 e. The van der Waals surface area contributed by atoms with E-state index in [0.29, 0.717) is 12.1 Å². The van der Waals surface area contributed by atoms with Crippen LogP contribution in [0.5, 0.6) is 0 Å². The molecule has 1 aliphatic carbocycles. The summed E-state index contributed by atoms with van der Waals surface area (Å²) in [6.45, 7) is 3.18. The molecule has 1 fully saturated rings. The smallest absolute Gasteiger partial charge is 0.0695 e. The highest BCUT2D eigenvalue weighted by atomic mass is 35.5. The number of fused-ring (bicyclic) bond motifs is 1. The first-order chi connectivity index (χ1) is 14.3. The van der Waals surface area contributed by atoms with Crippen molar-refractivity contribution in [2.24, 2.45) is 0 Å². The van der Waals surface area contributed by atoms with Gasteiger partial charge in [0.25, 0.3) is 0 Å². The molecule has 1 saturated heterocycles. The third-order valence-corrected chi connectivity index (χ3v) is 6.68. The Morgan fingerprint density at radius 1 is 1.07 bits per heavy atom. The van der Waals surface area contributed by atoms with Crippen LogP contribution in [0.4, 0.5) is 0 Å². The maximum absolute atomic E-state index is 6.03. The predicted octanol–water partition coefficient (Wildman–Crippen LogP) is 4.45. The molecule has 0 spiro atoms. The van der Waals surface area contributed by atoms with Gasteiger partial charge in [-0.05, 0) is 61.1 Å². The number of hydrogen-bond donors (Lipinski definition) is 2. The van der Waals surface area contributed by atoms with Crippen LogP contribution >= 0.6 is 11.6 Å². The van der Waals surface area contributed by atoms with E-state index in [4.69, 9.17) is 11.6 Å². The van der Waals surface area contributed by atoms with Crippen molar-refractivity contribution in [1.82, 2.24) is 20.4 Å². The van der Waals surface area contributed by atoms with Crippen LogP contribution in [0, 0.1) is 0 Å². The molecular weight excluding hydrogens is 380 g/mol. The van der Waals surface area contributed by atoms with Crippen LogP contribution in [-0.4, -0.2) is 40.3 Å². The number of piperidine rings is 1. The van der Waals surface area contributed by atoms with Crippen molar-refractivity contribution in [3.63, 3.8) is 0 Å². The second-order valence-corrected chi connectivity index (χ2v) is 8.76. The first-order valence-electron chi connectivity index (χ1n) is 10.6. The standard InChI is InChI=1S/C24H27ClN4/c25-21-9-7-17(8-10-21)24-20(15-27-28-24)14-26-22-6-3-11-29(16-22)23-12-18-4-1-2-5-19(18)13-23/h1-2,4-5,7-10,15,22-23,26H,3,6,11-14,16H2,(H,27,28). The summed E-state index contributed by atoms with van der Waals surface area (Å²) >= 11 is 6.03. The van der Waals surface area contributed by atoms with Gasteiger partial charge in [0.15, 0.2) is 0 Å². The molecule has 2 aromatic carbocycles. The Balaban J connectivity index is 1.20. The van der Waals surface area contributed by atoms with Gasteiger partial charge < -0.3 is 5.32 Å². The van der Waals surface area contributed by atoms with Gasteiger partial charge in [0.1, 0.15) is 0 Å². The Bertz CT molecular complexity index is 940. The summed E-state index contributed by atoms with van der Waals surface area (Å²) in [6.07, 6.45) is 6.84. The van der Waals surface area contributed by atoms with Gasteiger partial charge >= 0.3 is 0 Å². The van der Waals surface area contributed by atoms with Crippen LogP contribution in [0.25, 0.3) is 11.3 Å². The Labute approximate surface area is 177 Å². The molecular formula is C24H27ClN4. The zero-order valence-electron chi connectivity index (χ0n) is 16.6. The minimum absolute atomic E-state index is 0.528. The summed E-state index contributed by atoms with van der Waals surface area (Å²) in [6, 6.07) is 18.1. The number of aromatic nitrogens is 2. The normalized spacial score (nSPS) is 20.1. The molecule has 1 unspecified atom stereocenters. The Kier molecular flexibility index (Phi) is 5.40. The number of rotatable bonds is 5. The molecule has 5 rings (SSSR count). The topological polar surface area (TPSA) is 44.0 Å². The van der Waals surface area contributed by atoms with Gasteiger partial charge in [-0.3, -0.25) is 10.00 Å². The third kappa shape index (κ3) is 4.11. The molecule has 0 radical (unpaired) electrons. The number of benzene rings is 2. The van der Waals surface area contributed by atoms with E-state index in [-0.39, 0.29) is 0 Å². The van der Waals surface area contributed by atoms with Gasteiger partial charge in [-0.2, -0.15) is 5.10 Å². The molecule has 2 N–H and O–H groups in total. The summed E-state index contributed by atoms with van der Waals surface area (Å²) < 4.78 is 0. The molecule has 1 aromatic heterocycles. The van der Waals surface area contributed by atoms with Crippen molar-refractivity contribution in [3.8, 4) is 11.3 Å². The second-order valence-electron chi connectivity index (χ2n) is 8.32. The Hall–Kier alpha value is -2.14. The molecule has 29 heavy (non-hydrogen) atoms. The number of aromatic amines is 1. The monoisotopic (exact) mass is 406 g/mol. The fourth-order valence-electron chi connectivity index (χ4n) is 4.86. The van der Waals surface area contributed by atoms with Crippen molar-refractivity contribution < 1.29 is 0 Å². The Morgan fingerprint density at radius 2 is 1.83 bits per heavy atom. The van der Waals surface area contributed by atoms with Crippen molar-refractivity contribution in [3.05, 3.63) is 76.4 Å². The lowest BCUT2D eigenvalue weighted by atomic mass is 10.0. The summed E-state index contributed by atoms with van der Waals surface area (Å²) in [5, 5.41) is 12.0. The highest BCUT2D eigenvalue weighted by Gasteiger charge is 2.30. The van der Waals surface area contributed by atoms with Crippen LogP contribution < -0.4 is 5.32 Å². The average molecular weight is 407 g/mol. The van der Waals surface area contributed by atoms with Crippen LogP contribution in [0.3, 0.4) is 0 Å². The minimum Gasteiger partial charge on any atom is -0.309 e. The van der Waals surface area contributed by atoms with E-state index in [0.717, 1.165) is 29.4 Å². The fourth-order valence-corrected chi connectivity index (χ4v) is 4.99. The highest BCUT2D eigenvalue weighted by Crippen LogP contribution is 2.28. The van der Waals surface area contributed by atoms with E-state index >= 15 is 0 Å². The molecule has 2 heterocycles. The van der Waals surface area contributed by atoms with E-state index in [2.05, 4.69) is 44.7 Å². The molecule has 0 amide bonds. The second kappa shape index (κ2) is 8.31. The number of H-pyrrole nitrogens is 1. The zero-order valence-corrected chi connectivity index (χ0v) is 17.3. The van der Waals surface area contributed by atoms with Crippen LogP contribution in [-0.2, 0) is 19.4 Å². The van der Waals surface area contributed by atoms with E-state index in [1.807, 2.05) is 30.5 Å². The van der Waals surface area contributed by atoms with Crippen LogP contribution in [0.1, 0.15) is 29.5 Å². The lowest BCUT2D eigenvalue weighted by Crippen LogP contribution is -2.49. The van der Waals surface area contributed by atoms with Gasteiger partial charge in [-0.1, -0.05) is 48.0 Å². The predicted molar refractivity (Wildman–Crippen MR) is 118 cm³/mol. The number of likely N-dealkylation sites (tertiary alicyclic amines) is 1. The lowest BCUT2D eigenvalue weighted by Gasteiger charge is -2.37. The lowest BCUT2D eigenvalue weighted by molar-refractivity contribution is 0.140. The summed E-state index contributed by atoms with van der Waals surface area (Å²) in [4.78, 5) is 2.71. The molecule has 150 valence electrons. The summed E-state index contributed by atoms with van der Waals surface area (Å²) in [5.74, 6) is 0. The van der Waals surface area contributed by atoms with Gasteiger partial charge in [0.05, 0.1) is 11.9 Å². The number of halogens is 1. The fraction of sp³-hybridized carbons (Fsp3) is 0.375. The van der Waals surface area contributed by atoms with E-state index in [1.54, 1.807) is 11.1 Å². The molecule has 1 aliphatic heterocycles. The summed E-state index contributed by atoms with van der Waals surface area (Å²) in [5.41, 5.74) is 6.49. The van der Waals surface area contributed by atoms with Gasteiger partial charge in [-0.15, -0.1) is 0 Å². The third-order valence-electron chi connectivity index (χ3n) is 6.43. The minimum atomic E-state index is 0.528. The maximum atomic E-state index is 6.03. The molecule has 4 nitrogen and oxygen atoms in total. The number of nitrogens with one attached hydrogen (secondary N) is 2. The van der Waals surface area contributed by atoms with Gasteiger partial charge in [0, 0.05) is 35.8 Å². The van der Waals surface area contributed by atoms with Gasteiger partial charge in [0.2, 0.25) is 0 Å². The van der Waals surface area contributed by atoms with Gasteiger partial charge in [-0.25, -0.2) is 0 Å². The van der Waals surface area contributed by atoms with E-state index in [9.17, 15) is 0 Å². The molecule has 2 aliphatic rings. The Morgan fingerprint density at radius 3 is 2.59 bits per heavy atom. The highest BCUT2D eigenvalue weighted by molar-refractivity contribution is 6.30. The van der Waals surface area contributed by atoms with Crippen LogP contribution in [0.15, 0.2) is 54.7 Å². The van der Waals surface area contributed by atoms with Crippen LogP contribution in [0.2, 0.25) is 5.02 Å². The first kappa shape index (κ1) is 18.9. The molecule has 0 saturated carbocycles. The molecule has 3 aromatic rings. The van der Waals surface area contributed by atoms with Crippen molar-refractivity contribution in [2.45, 2.75) is 44.3 Å². The van der Waals surface area contributed by atoms with Crippen molar-refractivity contribution in [2.75, 3.05) is 13.1 Å². The quantitative estimate of drug-likeness (QED) is 0.657. The average Bonchev–Trinajstić information content (AvgIpc) is 3.40. The first-order valence-corrected chi connectivity index (χ1v) is 11.0. The van der Waals surface area contributed by atoms with E-state index in [1.165, 1.54) is 37.8 Å². The summed E-state index contributed by atoms with van der Waals surface area (Å²) in [7, 11) is 0. The zero-order chi connectivity index (χ0) is 19.6. The molecule has 5 heteroatoms. The van der Waals surface area contributed by atoms with Crippen molar-refractivity contribution >= 4 is 11.6 Å². The number of nitrogens with zero attached hydrogens (tertiary/aromatic N) is 2. The maximum Gasteiger partial charge on any atom is 0.0695 e. The van der Waals surface area contributed by atoms with E-state index < -0.39 is 0 Å². The molecule has 1 atom stereocenters. The SMILES string of the molecule is Clc1ccc(-c2[nH]ncc2CNC2CCCN(C3Cc4ccccc4C3)C2)cc1. The van der Waals surface area contributed by atoms with Crippen molar-refractivity contribution in [1.29, 1.82) is 0 Å². The number of hydrogen-bond acceptors (Lipinski definition) is 3.